The van der Waals surface area contributed by atoms with Crippen molar-refractivity contribution in [3.8, 4) is 0 Å². The van der Waals surface area contributed by atoms with Crippen molar-refractivity contribution in [3.05, 3.63) is 0 Å². The molecule has 1 fully saturated rings. The quantitative estimate of drug-likeness (QED) is 0.553. The maximum atomic E-state index is 11.5. The molecule has 0 aromatic rings. The standard InChI is InChI=1S/C11H19N3O4/c1-12-9(15)6-13-11(18)14-8-5-3-2-4-7(8)10(16)17/h7-8H,2-6H2,1H3,(H,12,15)(H,16,17)(H2,13,14,18). The van der Waals surface area contributed by atoms with Crippen LogP contribution in [0.25, 0.3) is 0 Å². The Morgan fingerprint density at radius 2 is 1.89 bits per heavy atom. The molecule has 7 heteroatoms. The zero-order valence-electron chi connectivity index (χ0n) is 10.4. The molecule has 1 aliphatic carbocycles. The van der Waals surface area contributed by atoms with E-state index in [0.29, 0.717) is 12.8 Å². The monoisotopic (exact) mass is 257 g/mol. The van der Waals surface area contributed by atoms with Crippen LogP contribution in [0.5, 0.6) is 0 Å². The first-order valence-electron chi connectivity index (χ1n) is 6.02. The number of hydrogen-bond acceptors (Lipinski definition) is 3. The molecule has 0 heterocycles. The second kappa shape index (κ2) is 6.83. The summed E-state index contributed by atoms with van der Waals surface area (Å²) in [6.45, 7) is -0.118. The second-order valence-corrected chi connectivity index (χ2v) is 4.34. The Morgan fingerprint density at radius 1 is 1.22 bits per heavy atom. The molecule has 102 valence electrons. The Bertz CT molecular complexity index is 332. The third kappa shape index (κ3) is 4.23. The summed E-state index contributed by atoms with van der Waals surface area (Å²) < 4.78 is 0. The van der Waals surface area contributed by atoms with Crippen LogP contribution in [-0.4, -0.2) is 42.6 Å². The van der Waals surface area contributed by atoms with Gasteiger partial charge in [-0.1, -0.05) is 12.8 Å². The number of carbonyl (C=O) groups is 3. The number of aliphatic carboxylic acids is 1. The second-order valence-electron chi connectivity index (χ2n) is 4.34. The van der Waals surface area contributed by atoms with Crippen LogP contribution < -0.4 is 16.0 Å². The molecule has 1 saturated carbocycles. The molecular formula is C11H19N3O4. The minimum absolute atomic E-state index is 0.118. The van der Waals surface area contributed by atoms with Crippen LogP contribution in [0.15, 0.2) is 0 Å². The van der Waals surface area contributed by atoms with E-state index < -0.39 is 17.9 Å². The highest BCUT2D eigenvalue weighted by Crippen LogP contribution is 2.24. The van der Waals surface area contributed by atoms with Crippen molar-refractivity contribution in [2.75, 3.05) is 13.6 Å². The molecule has 1 rings (SSSR count). The molecule has 0 aromatic heterocycles. The van der Waals surface area contributed by atoms with Crippen molar-refractivity contribution in [1.29, 1.82) is 0 Å². The lowest BCUT2D eigenvalue weighted by Gasteiger charge is -2.29. The van der Waals surface area contributed by atoms with Gasteiger partial charge in [-0.25, -0.2) is 4.79 Å². The van der Waals surface area contributed by atoms with Crippen molar-refractivity contribution in [1.82, 2.24) is 16.0 Å². The summed E-state index contributed by atoms with van der Waals surface area (Å²) in [4.78, 5) is 33.5. The van der Waals surface area contributed by atoms with E-state index in [0.717, 1.165) is 12.8 Å². The minimum Gasteiger partial charge on any atom is -0.481 e. The van der Waals surface area contributed by atoms with E-state index >= 15 is 0 Å². The highest BCUT2D eigenvalue weighted by molar-refractivity contribution is 5.84. The smallest absolute Gasteiger partial charge is 0.315 e. The van der Waals surface area contributed by atoms with Gasteiger partial charge in [0.25, 0.3) is 0 Å². The van der Waals surface area contributed by atoms with Crippen molar-refractivity contribution in [2.45, 2.75) is 31.7 Å². The van der Waals surface area contributed by atoms with Crippen LogP contribution in [0.4, 0.5) is 4.79 Å². The zero-order valence-corrected chi connectivity index (χ0v) is 10.4. The van der Waals surface area contributed by atoms with Crippen LogP contribution in [0.1, 0.15) is 25.7 Å². The van der Waals surface area contributed by atoms with Crippen LogP contribution in [0.2, 0.25) is 0 Å². The Labute approximate surface area is 105 Å². The van der Waals surface area contributed by atoms with E-state index in [4.69, 9.17) is 5.11 Å². The van der Waals surface area contributed by atoms with Gasteiger partial charge in [0, 0.05) is 13.1 Å². The van der Waals surface area contributed by atoms with Crippen molar-refractivity contribution in [3.63, 3.8) is 0 Å². The van der Waals surface area contributed by atoms with E-state index in [1.54, 1.807) is 0 Å². The number of rotatable bonds is 4. The first-order valence-corrected chi connectivity index (χ1v) is 6.02. The van der Waals surface area contributed by atoms with E-state index in [1.807, 2.05) is 0 Å². The van der Waals surface area contributed by atoms with Gasteiger partial charge in [0.2, 0.25) is 5.91 Å². The van der Waals surface area contributed by atoms with Gasteiger partial charge in [-0.2, -0.15) is 0 Å². The van der Waals surface area contributed by atoms with Crippen LogP contribution >= 0.6 is 0 Å². The number of carboxylic acid groups (broad SMARTS) is 1. The SMILES string of the molecule is CNC(=O)CNC(=O)NC1CCCCC1C(=O)O. The third-order valence-corrected chi connectivity index (χ3v) is 3.09. The van der Waals surface area contributed by atoms with Crippen molar-refractivity contribution < 1.29 is 19.5 Å². The molecule has 7 nitrogen and oxygen atoms in total. The summed E-state index contributed by atoms with van der Waals surface area (Å²) in [7, 11) is 1.48. The number of hydrogen-bond donors (Lipinski definition) is 4. The van der Waals surface area contributed by atoms with Crippen LogP contribution in [0.3, 0.4) is 0 Å². The van der Waals surface area contributed by atoms with Gasteiger partial charge in [0.15, 0.2) is 0 Å². The van der Waals surface area contributed by atoms with Gasteiger partial charge in [0.05, 0.1) is 12.5 Å². The molecule has 0 bridgehead atoms. The predicted octanol–water partition coefficient (Wildman–Crippen LogP) is -0.325. The third-order valence-electron chi connectivity index (χ3n) is 3.09. The van der Waals surface area contributed by atoms with Gasteiger partial charge in [0.1, 0.15) is 0 Å². The Balaban J connectivity index is 2.41. The molecule has 0 aliphatic heterocycles. The number of nitrogens with one attached hydrogen (secondary N) is 3. The van der Waals surface area contributed by atoms with Gasteiger partial charge in [-0.05, 0) is 12.8 Å². The highest BCUT2D eigenvalue weighted by Gasteiger charge is 2.31. The van der Waals surface area contributed by atoms with Gasteiger partial charge < -0.3 is 21.1 Å². The lowest BCUT2D eigenvalue weighted by molar-refractivity contribution is -0.143. The number of carbonyl (C=O) groups excluding carboxylic acids is 2. The van der Waals surface area contributed by atoms with Gasteiger partial charge in [-0.15, -0.1) is 0 Å². The Hall–Kier alpha value is -1.79. The highest BCUT2D eigenvalue weighted by atomic mass is 16.4. The summed E-state index contributed by atoms with van der Waals surface area (Å²) in [5, 5.41) is 16.4. The molecule has 2 unspecified atom stereocenters. The molecule has 3 amide bonds. The van der Waals surface area contributed by atoms with E-state index in [2.05, 4.69) is 16.0 Å². The van der Waals surface area contributed by atoms with Crippen LogP contribution in [0, 0.1) is 5.92 Å². The molecular weight excluding hydrogens is 238 g/mol. The van der Waals surface area contributed by atoms with Crippen molar-refractivity contribution in [2.24, 2.45) is 5.92 Å². The zero-order chi connectivity index (χ0) is 13.5. The number of amides is 3. The number of urea groups is 1. The maximum absolute atomic E-state index is 11.5. The summed E-state index contributed by atoms with van der Waals surface area (Å²) in [5.41, 5.74) is 0. The summed E-state index contributed by atoms with van der Waals surface area (Å²) >= 11 is 0. The topological polar surface area (TPSA) is 108 Å². The molecule has 0 radical (unpaired) electrons. The lowest BCUT2D eigenvalue weighted by Crippen LogP contribution is -2.50. The fourth-order valence-electron chi connectivity index (χ4n) is 2.07. The summed E-state index contributed by atoms with van der Waals surface area (Å²) in [6, 6.07) is -0.863. The molecule has 1 aliphatic rings. The summed E-state index contributed by atoms with van der Waals surface area (Å²) in [5.74, 6) is -1.72. The number of likely N-dealkylation sites (N-methyl/N-ethyl adjacent to an activating group) is 1. The largest absolute Gasteiger partial charge is 0.481 e. The average Bonchev–Trinajstić information content (AvgIpc) is 2.36. The van der Waals surface area contributed by atoms with Gasteiger partial charge in [-0.3, -0.25) is 9.59 Å². The fraction of sp³-hybridized carbons (Fsp3) is 0.727. The first-order chi connectivity index (χ1) is 8.54. The van der Waals surface area contributed by atoms with E-state index in [9.17, 15) is 14.4 Å². The molecule has 0 aromatic carbocycles. The average molecular weight is 257 g/mol. The van der Waals surface area contributed by atoms with Gasteiger partial charge >= 0.3 is 12.0 Å². The Morgan fingerprint density at radius 3 is 2.50 bits per heavy atom. The maximum Gasteiger partial charge on any atom is 0.315 e. The molecule has 18 heavy (non-hydrogen) atoms. The normalized spacial score (nSPS) is 22.9. The van der Waals surface area contributed by atoms with E-state index in [-0.39, 0.29) is 18.5 Å². The number of carboxylic acids is 1. The molecule has 0 spiro atoms. The fourth-order valence-corrected chi connectivity index (χ4v) is 2.07. The lowest BCUT2D eigenvalue weighted by atomic mass is 9.84. The first kappa shape index (κ1) is 14.3. The molecule has 0 saturated heterocycles. The van der Waals surface area contributed by atoms with Crippen LogP contribution in [-0.2, 0) is 9.59 Å². The molecule has 2 atom stereocenters. The van der Waals surface area contributed by atoms with Crippen molar-refractivity contribution >= 4 is 17.9 Å². The summed E-state index contributed by atoms with van der Waals surface area (Å²) in [6.07, 6.45) is 3.01. The minimum atomic E-state index is -0.883. The van der Waals surface area contributed by atoms with E-state index in [1.165, 1.54) is 7.05 Å². The Kier molecular flexibility index (Phi) is 5.41. The predicted molar refractivity (Wildman–Crippen MR) is 64.0 cm³/mol. The molecule has 4 N–H and O–H groups in total.